The van der Waals surface area contributed by atoms with E-state index in [1.165, 1.54) is 5.56 Å². The average Bonchev–Trinajstić information content (AvgIpc) is 2.67. The molecule has 0 aromatic heterocycles. The van der Waals surface area contributed by atoms with Gasteiger partial charge in [0.15, 0.2) is 0 Å². The Morgan fingerprint density at radius 1 is 1.14 bits per heavy atom. The van der Waals surface area contributed by atoms with Gasteiger partial charge >= 0.3 is 0 Å². The first kappa shape index (κ1) is 20.3. The monoisotopic (exact) mass is 378 g/mol. The van der Waals surface area contributed by atoms with Crippen molar-refractivity contribution in [3.8, 4) is 23.3 Å². The predicted octanol–water partition coefficient (Wildman–Crippen LogP) is 5.05. The van der Waals surface area contributed by atoms with Crippen LogP contribution in [0.1, 0.15) is 54.5 Å². The molecule has 1 N–H and O–H groups in total. The number of hydrogen-bond donors (Lipinski definition) is 1. The molecular formula is C25H30O3. The molecule has 1 aliphatic heterocycles. The van der Waals surface area contributed by atoms with Gasteiger partial charge in [-0.3, -0.25) is 0 Å². The lowest BCUT2D eigenvalue weighted by molar-refractivity contribution is 0.0236. The van der Waals surface area contributed by atoms with Crippen LogP contribution in [-0.2, 0) is 13.0 Å². The van der Waals surface area contributed by atoms with Gasteiger partial charge in [0.1, 0.15) is 29.8 Å². The van der Waals surface area contributed by atoms with Crippen molar-refractivity contribution in [2.24, 2.45) is 0 Å². The van der Waals surface area contributed by atoms with E-state index in [4.69, 9.17) is 9.47 Å². The molecule has 2 atom stereocenters. The van der Waals surface area contributed by atoms with Gasteiger partial charge in [-0.1, -0.05) is 36.3 Å². The maximum atomic E-state index is 10.1. The first-order chi connectivity index (χ1) is 13.3. The lowest BCUT2D eigenvalue weighted by Gasteiger charge is -2.38. The Balaban J connectivity index is 1.87. The third-order valence-corrected chi connectivity index (χ3v) is 5.73. The van der Waals surface area contributed by atoms with Gasteiger partial charge in [0.25, 0.3) is 0 Å². The Hall–Kier alpha value is -2.44. The zero-order valence-electron chi connectivity index (χ0n) is 17.6. The number of aliphatic hydroxyl groups is 1. The summed E-state index contributed by atoms with van der Waals surface area (Å²) in [5, 5.41) is 10.1. The quantitative estimate of drug-likeness (QED) is 0.740. The summed E-state index contributed by atoms with van der Waals surface area (Å²) in [4.78, 5) is 0. The molecule has 0 fully saturated rings. The van der Waals surface area contributed by atoms with Crippen LogP contribution in [0.15, 0.2) is 30.3 Å². The van der Waals surface area contributed by atoms with E-state index in [0.717, 1.165) is 46.6 Å². The fourth-order valence-electron chi connectivity index (χ4n) is 4.00. The Morgan fingerprint density at radius 2 is 1.86 bits per heavy atom. The summed E-state index contributed by atoms with van der Waals surface area (Å²) < 4.78 is 12.7. The molecule has 0 radical (unpaired) electrons. The van der Waals surface area contributed by atoms with Crippen molar-refractivity contribution < 1.29 is 14.6 Å². The predicted molar refractivity (Wildman–Crippen MR) is 113 cm³/mol. The van der Waals surface area contributed by atoms with Gasteiger partial charge in [-0.2, -0.15) is 0 Å². The molecule has 1 aliphatic rings. The van der Waals surface area contributed by atoms with E-state index in [-0.39, 0.29) is 0 Å². The highest BCUT2D eigenvalue weighted by Crippen LogP contribution is 2.44. The lowest BCUT2D eigenvalue weighted by atomic mass is 9.84. The summed E-state index contributed by atoms with van der Waals surface area (Å²) in [6.07, 6.45) is 1.61. The van der Waals surface area contributed by atoms with Crippen LogP contribution in [-0.4, -0.2) is 16.8 Å². The first-order valence-corrected chi connectivity index (χ1v) is 9.93. The Morgan fingerprint density at radius 3 is 2.54 bits per heavy atom. The summed E-state index contributed by atoms with van der Waals surface area (Å²) in [6.45, 7) is 10.7. The molecule has 0 bridgehead atoms. The van der Waals surface area contributed by atoms with Crippen LogP contribution in [0.25, 0.3) is 0 Å². The molecule has 0 amide bonds. The number of benzene rings is 2. The van der Waals surface area contributed by atoms with E-state index in [1.807, 2.05) is 18.2 Å². The van der Waals surface area contributed by atoms with E-state index < -0.39 is 11.7 Å². The first-order valence-electron chi connectivity index (χ1n) is 9.93. The number of fused-ring (bicyclic) bond motifs is 1. The zero-order valence-corrected chi connectivity index (χ0v) is 17.6. The fourth-order valence-corrected chi connectivity index (χ4v) is 4.00. The van der Waals surface area contributed by atoms with Crippen LogP contribution < -0.4 is 9.47 Å². The van der Waals surface area contributed by atoms with Gasteiger partial charge in [-0.05, 0) is 69.7 Å². The molecule has 0 spiro atoms. The van der Waals surface area contributed by atoms with Crippen LogP contribution in [0.2, 0.25) is 0 Å². The molecule has 28 heavy (non-hydrogen) atoms. The molecule has 3 rings (SSSR count). The molecule has 2 aromatic rings. The number of rotatable bonds is 5. The van der Waals surface area contributed by atoms with Crippen molar-refractivity contribution in [2.75, 3.05) is 0 Å². The Labute approximate surface area is 168 Å². The third-order valence-electron chi connectivity index (χ3n) is 5.73. The topological polar surface area (TPSA) is 38.7 Å². The second kappa shape index (κ2) is 8.29. The second-order valence-corrected chi connectivity index (χ2v) is 7.95. The van der Waals surface area contributed by atoms with E-state index in [2.05, 4.69) is 51.7 Å². The van der Waals surface area contributed by atoms with Gasteiger partial charge in [0.2, 0.25) is 0 Å². The Kier molecular flexibility index (Phi) is 6.01. The maximum absolute atomic E-state index is 10.1. The van der Waals surface area contributed by atoms with E-state index in [9.17, 15) is 5.11 Å². The third kappa shape index (κ3) is 4.18. The summed E-state index contributed by atoms with van der Waals surface area (Å²) in [5.41, 5.74) is 5.36. The van der Waals surface area contributed by atoms with Crippen molar-refractivity contribution in [2.45, 2.75) is 72.2 Å². The second-order valence-electron chi connectivity index (χ2n) is 7.95. The van der Waals surface area contributed by atoms with Gasteiger partial charge < -0.3 is 14.6 Å². The molecule has 148 valence electrons. The highest BCUT2D eigenvalue weighted by Gasteiger charge is 2.36. The molecule has 0 saturated heterocycles. The summed E-state index contributed by atoms with van der Waals surface area (Å²) in [6, 6.07) is 10.2. The number of hydrogen-bond acceptors (Lipinski definition) is 3. The minimum absolute atomic E-state index is 0.410. The summed E-state index contributed by atoms with van der Waals surface area (Å²) in [5.74, 6) is 7.53. The number of aliphatic hydroxyl groups excluding tert-OH is 1. The Bertz CT molecular complexity index is 905. The smallest absolute Gasteiger partial charge is 0.127 e. The van der Waals surface area contributed by atoms with Gasteiger partial charge in [-0.25, -0.2) is 0 Å². The van der Waals surface area contributed by atoms with Crippen molar-refractivity contribution in [3.63, 3.8) is 0 Å². The van der Waals surface area contributed by atoms with Crippen LogP contribution >= 0.6 is 0 Å². The highest BCUT2D eigenvalue weighted by atomic mass is 16.5. The van der Waals surface area contributed by atoms with Crippen molar-refractivity contribution in [1.29, 1.82) is 0 Å². The summed E-state index contributed by atoms with van der Waals surface area (Å²) in [7, 11) is 0. The van der Waals surface area contributed by atoms with Crippen LogP contribution in [0.3, 0.4) is 0 Å². The van der Waals surface area contributed by atoms with E-state index in [1.54, 1.807) is 6.92 Å². The minimum Gasteiger partial charge on any atom is -0.488 e. The molecule has 0 saturated carbocycles. The SMILES string of the molecule is CC#C[C@@H](O)CC1(C)CCc2c(C)c(OCc3ccccc3)c(C)c(C)c2O1. The largest absolute Gasteiger partial charge is 0.488 e. The standard InChI is InChI=1S/C25H30O3/c1-6-10-21(26)15-25(5)14-13-22-19(4)23(17(2)18(3)24(22)28-25)27-16-20-11-8-7-9-12-20/h7-9,11-12,21,26H,13-16H2,1-5H3/t21-,25?/m1/s1. The molecule has 2 aromatic carbocycles. The van der Waals surface area contributed by atoms with Crippen molar-refractivity contribution in [1.82, 2.24) is 0 Å². The van der Waals surface area contributed by atoms with E-state index in [0.29, 0.717) is 13.0 Å². The van der Waals surface area contributed by atoms with Gasteiger partial charge in [0, 0.05) is 12.0 Å². The molecule has 0 aliphatic carbocycles. The fraction of sp³-hybridized carbons (Fsp3) is 0.440. The molecular weight excluding hydrogens is 348 g/mol. The maximum Gasteiger partial charge on any atom is 0.127 e. The van der Waals surface area contributed by atoms with Crippen LogP contribution in [0.4, 0.5) is 0 Å². The molecule has 3 heteroatoms. The van der Waals surface area contributed by atoms with Crippen LogP contribution in [0, 0.1) is 32.6 Å². The summed E-state index contributed by atoms with van der Waals surface area (Å²) >= 11 is 0. The molecule has 3 nitrogen and oxygen atoms in total. The normalized spacial score (nSPS) is 19.1. The van der Waals surface area contributed by atoms with Gasteiger partial charge in [-0.15, -0.1) is 5.92 Å². The lowest BCUT2D eigenvalue weighted by Crippen LogP contribution is -2.40. The van der Waals surface area contributed by atoms with Gasteiger partial charge in [0.05, 0.1) is 0 Å². The average molecular weight is 379 g/mol. The van der Waals surface area contributed by atoms with E-state index >= 15 is 0 Å². The zero-order chi connectivity index (χ0) is 20.3. The molecule has 1 heterocycles. The van der Waals surface area contributed by atoms with Crippen LogP contribution in [0.5, 0.6) is 11.5 Å². The molecule has 1 unspecified atom stereocenters. The highest BCUT2D eigenvalue weighted by molar-refractivity contribution is 5.59. The van der Waals surface area contributed by atoms with Crippen molar-refractivity contribution >= 4 is 0 Å². The van der Waals surface area contributed by atoms with Crippen molar-refractivity contribution in [3.05, 3.63) is 58.1 Å². The minimum atomic E-state index is -0.660. The number of ether oxygens (including phenoxy) is 2.